The third-order valence-electron chi connectivity index (χ3n) is 4.03. The number of carbonyl (C=O) groups excluding carboxylic acids is 1. The van der Waals surface area contributed by atoms with Crippen molar-refractivity contribution in [1.29, 1.82) is 0 Å². The number of nitrogens with one attached hydrogen (secondary N) is 1. The zero-order valence-electron chi connectivity index (χ0n) is 15.3. The molecule has 1 aliphatic rings. The van der Waals surface area contributed by atoms with E-state index in [0.29, 0.717) is 32.2 Å². The zero-order valence-corrected chi connectivity index (χ0v) is 15.3. The summed E-state index contributed by atoms with van der Waals surface area (Å²) in [7, 11) is 4.09. The molecule has 1 saturated heterocycles. The van der Waals surface area contributed by atoms with Gasteiger partial charge < -0.3 is 19.9 Å². The molecule has 2 rings (SSSR count). The molecule has 2 heterocycles. The number of hydrogen-bond donors (Lipinski definition) is 1. The number of amides is 2. The van der Waals surface area contributed by atoms with E-state index in [9.17, 15) is 4.79 Å². The molecule has 1 aromatic rings. The van der Waals surface area contributed by atoms with Gasteiger partial charge in [-0.05, 0) is 34.4 Å². The van der Waals surface area contributed by atoms with Crippen LogP contribution in [0.15, 0.2) is 0 Å². The highest BCUT2D eigenvalue weighted by Gasteiger charge is 2.22. The van der Waals surface area contributed by atoms with Crippen molar-refractivity contribution in [3.63, 3.8) is 0 Å². The molecule has 0 aromatic carbocycles. The summed E-state index contributed by atoms with van der Waals surface area (Å²) in [5.41, 5.74) is 0. The molecule has 136 valence electrons. The Balaban J connectivity index is 1.73. The van der Waals surface area contributed by atoms with Crippen molar-refractivity contribution >= 4 is 6.03 Å². The van der Waals surface area contributed by atoms with Crippen LogP contribution in [0.5, 0.6) is 0 Å². The quantitative estimate of drug-likeness (QED) is 0.765. The number of aromatic nitrogens is 3. The van der Waals surface area contributed by atoms with E-state index in [4.69, 9.17) is 4.74 Å². The first kappa shape index (κ1) is 18.7. The van der Waals surface area contributed by atoms with E-state index in [2.05, 4.69) is 20.3 Å². The van der Waals surface area contributed by atoms with Crippen molar-refractivity contribution in [3.8, 4) is 0 Å². The van der Waals surface area contributed by atoms with Gasteiger partial charge in [0.2, 0.25) is 0 Å². The molecule has 0 aliphatic carbocycles. The maximum Gasteiger partial charge on any atom is 0.317 e. The van der Waals surface area contributed by atoms with Crippen LogP contribution in [-0.4, -0.2) is 84.1 Å². The Bertz CT molecular complexity index is 531. The average Bonchev–Trinajstić information content (AvgIpc) is 2.71. The first-order chi connectivity index (χ1) is 11.5. The Labute approximate surface area is 144 Å². The number of ether oxygens (including phenoxy) is 1. The van der Waals surface area contributed by atoms with E-state index in [1.807, 2.05) is 37.5 Å². The fourth-order valence-corrected chi connectivity index (χ4v) is 3.00. The number of urea groups is 1. The van der Waals surface area contributed by atoms with Gasteiger partial charge in [0, 0.05) is 38.6 Å². The van der Waals surface area contributed by atoms with Crippen LogP contribution in [0.3, 0.4) is 0 Å². The van der Waals surface area contributed by atoms with Crippen LogP contribution >= 0.6 is 0 Å². The summed E-state index contributed by atoms with van der Waals surface area (Å²) in [6.45, 7) is 8.86. The lowest BCUT2D eigenvalue weighted by molar-refractivity contribution is 0.112. The monoisotopic (exact) mass is 338 g/mol. The van der Waals surface area contributed by atoms with Crippen molar-refractivity contribution in [2.24, 2.45) is 5.92 Å². The molecule has 2 amide bonds. The van der Waals surface area contributed by atoms with Crippen LogP contribution in [0.25, 0.3) is 0 Å². The minimum atomic E-state index is -0.00394. The first-order valence-electron chi connectivity index (χ1n) is 8.59. The van der Waals surface area contributed by atoms with Crippen molar-refractivity contribution in [1.82, 2.24) is 29.9 Å². The van der Waals surface area contributed by atoms with Gasteiger partial charge in [-0.1, -0.05) is 0 Å². The van der Waals surface area contributed by atoms with Crippen LogP contribution < -0.4 is 5.32 Å². The maximum absolute atomic E-state index is 12.4. The second kappa shape index (κ2) is 8.98. The third kappa shape index (κ3) is 5.76. The highest BCUT2D eigenvalue weighted by Crippen LogP contribution is 2.08. The second-order valence-corrected chi connectivity index (χ2v) is 6.66. The van der Waals surface area contributed by atoms with Gasteiger partial charge in [-0.3, -0.25) is 4.68 Å². The van der Waals surface area contributed by atoms with E-state index in [1.165, 1.54) is 0 Å². The molecular weight excluding hydrogens is 308 g/mol. The molecule has 1 fully saturated rings. The number of hydrogen-bond acceptors (Lipinski definition) is 5. The highest BCUT2D eigenvalue weighted by molar-refractivity contribution is 5.74. The van der Waals surface area contributed by atoms with Gasteiger partial charge in [-0.15, -0.1) is 0 Å². The number of aryl methyl sites for hydroxylation is 3. The van der Waals surface area contributed by atoms with Crippen LogP contribution in [0, 0.1) is 19.8 Å². The molecule has 1 aliphatic heterocycles. The maximum atomic E-state index is 12.4. The predicted molar refractivity (Wildman–Crippen MR) is 91.9 cm³/mol. The van der Waals surface area contributed by atoms with E-state index < -0.39 is 0 Å². The predicted octanol–water partition coefficient (Wildman–Crippen LogP) is 0.505. The topological polar surface area (TPSA) is 75.5 Å². The molecule has 1 aromatic heterocycles. The van der Waals surface area contributed by atoms with Gasteiger partial charge in [0.1, 0.15) is 11.6 Å². The van der Waals surface area contributed by atoms with Crippen LogP contribution in [-0.2, 0) is 11.3 Å². The highest BCUT2D eigenvalue weighted by atomic mass is 16.5. The second-order valence-electron chi connectivity index (χ2n) is 6.66. The number of carbonyl (C=O) groups is 1. The van der Waals surface area contributed by atoms with Crippen molar-refractivity contribution < 1.29 is 9.53 Å². The summed E-state index contributed by atoms with van der Waals surface area (Å²) in [6.07, 6.45) is 0.834. The Morgan fingerprint density at radius 1 is 1.42 bits per heavy atom. The lowest BCUT2D eigenvalue weighted by Crippen LogP contribution is -2.44. The third-order valence-corrected chi connectivity index (χ3v) is 4.03. The van der Waals surface area contributed by atoms with Crippen LogP contribution in [0.1, 0.15) is 18.1 Å². The van der Waals surface area contributed by atoms with Crippen molar-refractivity contribution in [2.45, 2.75) is 26.8 Å². The summed E-state index contributed by atoms with van der Waals surface area (Å²) in [5, 5.41) is 7.33. The largest absolute Gasteiger partial charge is 0.379 e. The summed E-state index contributed by atoms with van der Waals surface area (Å²) in [4.78, 5) is 20.7. The lowest BCUT2D eigenvalue weighted by Gasteiger charge is -2.25. The minimum absolute atomic E-state index is 0.00394. The summed E-state index contributed by atoms with van der Waals surface area (Å²) < 4.78 is 7.50. The summed E-state index contributed by atoms with van der Waals surface area (Å²) >= 11 is 0. The standard InChI is InChI=1S/C16H30N6O2/c1-13-18-14(2)22(19-13)7-5-6-17-16(23)21-8-9-24-12-15(11-21)10-20(3)4/h15H,5-12H2,1-4H3,(H,17,23)/t15-/m1/s1. The van der Waals surface area contributed by atoms with Crippen LogP contribution in [0.4, 0.5) is 4.79 Å². The smallest absolute Gasteiger partial charge is 0.317 e. The zero-order chi connectivity index (χ0) is 17.5. The Morgan fingerprint density at radius 2 is 2.21 bits per heavy atom. The van der Waals surface area contributed by atoms with E-state index in [-0.39, 0.29) is 6.03 Å². The normalized spacial score (nSPS) is 18.7. The Hall–Kier alpha value is -1.67. The fraction of sp³-hybridized carbons (Fsp3) is 0.812. The van der Waals surface area contributed by atoms with Crippen molar-refractivity contribution in [3.05, 3.63) is 11.6 Å². The van der Waals surface area contributed by atoms with Crippen LogP contribution in [0.2, 0.25) is 0 Å². The molecule has 1 N–H and O–H groups in total. The van der Waals surface area contributed by atoms with Gasteiger partial charge in [0.05, 0.1) is 13.2 Å². The molecule has 0 unspecified atom stereocenters. The fourth-order valence-electron chi connectivity index (χ4n) is 3.00. The molecule has 0 bridgehead atoms. The SMILES string of the molecule is Cc1nc(C)n(CCCNC(=O)N2CCOC[C@H](CN(C)C)C2)n1. The molecule has 1 atom stereocenters. The van der Waals surface area contributed by atoms with Gasteiger partial charge >= 0.3 is 6.03 Å². The Kier molecular flexibility index (Phi) is 6.99. The number of nitrogens with zero attached hydrogens (tertiary/aromatic N) is 5. The molecule has 8 nitrogen and oxygen atoms in total. The van der Waals surface area contributed by atoms with Gasteiger partial charge in [-0.2, -0.15) is 5.10 Å². The van der Waals surface area contributed by atoms with Gasteiger partial charge in [0.15, 0.2) is 0 Å². The van der Waals surface area contributed by atoms with Crippen molar-refractivity contribution in [2.75, 3.05) is 53.5 Å². The van der Waals surface area contributed by atoms with E-state index in [0.717, 1.165) is 37.7 Å². The number of rotatable bonds is 6. The first-order valence-corrected chi connectivity index (χ1v) is 8.59. The minimum Gasteiger partial charge on any atom is -0.379 e. The molecule has 0 saturated carbocycles. The van der Waals surface area contributed by atoms with E-state index in [1.54, 1.807) is 0 Å². The molecule has 0 radical (unpaired) electrons. The lowest BCUT2D eigenvalue weighted by atomic mass is 10.1. The molecule has 0 spiro atoms. The van der Waals surface area contributed by atoms with Gasteiger partial charge in [-0.25, -0.2) is 9.78 Å². The molecule has 24 heavy (non-hydrogen) atoms. The molecular formula is C16H30N6O2. The van der Waals surface area contributed by atoms with E-state index >= 15 is 0 Å². The average molecular weight is 338 g/mol. The Morgan fingerprint density at radius 3 is 2.88 bits per heavy atom. The molecule has 8 heteroatoms. The summed E-state index contributed by atoms with van der Waals surface area (Å²) in [5.74, 6) is 2.05. The summed E-state index contributed by atoms with van der Waals surface area (Å²) in [6, 6.07) is -0.00394. The van der Waals surface area contributed by atoms with Gasteiger partial charge in [0.25, 0.3) is 0 Å².